The van der Waals surface area contributed by atoms with Crippen molar-refractivity contribution in [3.8, 4) is 0 Å². The smallest absolute Gasteiger partial charge is 0.305 e. The Balaban J connectivity index is 3.16. The first-order valence-electron chi connectivity index (χ1n) is 7.52. The van der Waals surface area contributed by atoms with Crippen molar-refractivity contribution in [2.75, 3.05) is 6.61 Å². The van der Waals surface area contributed by atoms with Gasteiger partial charge in [-0.25, -0.2) is 0 Å². The molecule has 0 fully saturated rings. The van der Waals surface area contributed by atoms with E-state index < -0.39 is 5.97 Å². The normalized spacial score (nSPS) is 10.4. The molecule has 0 aromatic rings. The van der Waals surface area contributed by atoms with Crippen LogP contribution in [0.2, 0.25) is 0 Å². The van der Waals surface area contributed by atoms with Crippen LogP contribution in [0.4, 0.5) is 0 Å². The van der Waals surface area contributed by atoms with E-state index in [4.69, 9.17) is 4.74 Å². The molecule has 0 aliphatic carbocycles. The highest BCUT2D eigenvalue weighted by Crippen LogP contribution is 2.08. The van der Waals surface area contributed by atoms with E-state index in [2.05, 4.69) is 6.92 Å². The SMILES string of the molecule is CCCCCCCCCCOC(=O)CCCC(=O)[O-]. The fourth-order valence-electron chi connectivity index (χ4n) is 1.87. The zero-order valence-electron chi connectivity index (χ0n) is 12.1. The standard InChI is InChI=1S/C15H28O4/c1-2-3-4-5-6-7-8-9-13-19-15(18)12-10-11-14(16)17/h2-13H2,1H3,(H,16,17)/p-1. The Hall–Kier alpha value is -1.06. The lowest BCUT2D eigenvalue weighted by Crippen LogP contribution is -2.22. The summed E-state index contributed by atoms with van der Waals surface area (Å²) in [4.78, 5) is 21.3. The third-order valence-electron chi connectivity index (χ3n) is 3.02. The first-order valence-corrected chi connectivity index (χ1v) is 7.52. The average Bonchev–Trinajstić information content (AvgIpc) is 2.36. The molecule has 4 heteroatoms. The summed E-state index contributed by atoms with van der Waals surface area (Å²) in [7, 11) is 0. The summed E-state index contributed by atoms with van der Waals surface area (Å²) < 4.78 is 5.02. The Bertz CT molecular complexity index is 238. The van der Waals surface area contributed by atoms with Crippen molar-refractivity contribution in [2.24, 2.45) is 0 Å². The Labute approximate surface area is 116 Å². The molecule has 0 rings (SSSR count). The molecule has 19 heavy (non-hydrogen) atoms. The van der Waals surface area contributed by atoms with Gasteiger partial charge in [-0.15, -0.1) is 0 Å². The first-order chi connectivity index (χ1) is 9.16. The first kappa shape index (κ1) is 17.9. The van der Waals surface area contributed by atoms with Crippen molar-refractivity contribution >= 4 is 11.9 Å². The van der Waals surface area contributed by atoms with Crippen LogP contribution in [0.3, 0.4) is 0 Å². The number of aliphatic carboxylic acids is 1. The van der Waals surface area contributed by atoms with Crippen LogP contribution in [-0.2, 0) is 14.3 Å². The largest absolute Gasteiger partial charge is 0.550 e. The van der Waals surface area contributed by atoms with Gasteiger partial charge in [-0.3, -0.25) is 4.79 Å². The Morgan fingerprint density at radius 1 is 0.842 bits per heavy atom. The van der Waals surface area contributed by atoms with Crippen molar-refractivity contribution in [2.45, 2.75) is 77.6 Å². The van der Waals surface area contributed by atoms with E-state index in [1.807, 2.05) is 0 Å². The van der Waals surface area contributed by atoms with E-state index in [1.54, 1.807) is 0 Å². The summed E-state index contributed by atoms with van der Waals surface area (Å²) in [5.41, 5.74) is 0. The maximum atomic E-state index is 11.2. The van der Waals surface area contributed by atoms with E-state index in [1.165, 1.54) is 38.5 Å². The zero-order valence-corrected chi connectivity index (χ0v) is 12.1. The molecule has 0 atom stereocenters. The van der Waals surface area contributed by atoms with Gasteiger partial charge in [0.1, 0.15) is 0 Å². The van der Waals surface area contributed by atoms with Crippen molar-refractivity contribution in [1.82, 2.24) is 0 Å². The predicted molar refractivity (Wildman–Crippen MR) is 72.4 cm³/mol. The van der Waals surface area contributed by atoms with Crippen LogP contribution in [0.5, 0.6) is 0 Å². The predicted octanol–water partition coefficient (Wildman–Crippen LogP) is 2.59. The molecule has 0 unspecified atom stereocenters. The third-order valence-corrected chi connectivity index (χ3v) is 3.02. The van der Waals surface area contributed by atoms with Crippen LogP contribution in [0.25, 0.3) is 0 Å². The van der Waals surface area contributed by atoms with Crippen LogP contribution >= 0.6 is 0 Å². The van der Waals surface area contributed by atoms with Crippen molar-refractivity contribution < 1.29 is 19.4 Å². The minimum atomic E-state index is -1.11. The molecule has 0 saturated carbocycles. The number of carboxylic acid groups (broad SMARTS) is 1. The molecule has 0 aliphatic rings. The number of rotatable bonds is 13. The van der Waals surface area contributed by atoms with Crippen LogP contribution in [0, 0.1) is 0 Å². The highest BCUT2D eigenvalue weighted by molar-refractivity contribution is 5.70. The molecule has 0 aromatic heterocycles. The van der Waals surface area contributed by atoms with Crippen LogP contribution in [0.15, 0.2) is 0 Å². The number of esters is 1. The molecule has 0 amide bonds. The fraction of sp³-hybridized carbons (Fsp3) is 0.867. The fourth-order valence-corrected chi connectivity index (χ4v) is 1.87. The Kier molecular flexibility index (Phi) is 12.6. The van der Waals surface area contributed by atoms with Gasteiger partial charge >= 0.3 is 5.97 Å². The van der Waals surface area contributed by atoms with E-state index in [9.17, 15) is 14.7 Å². The van der Waals surface area contributed by atoms with Gasteiger partial charge < -0.3 is 14.6 Å². The highest BCUT2D eigenvalue weighted by Gasteiger charge is 2.02. The minimum absolute atomic E-state index is 0.0765. The van der Waals surface area contributed by atoms with E-state index in [0.717, 1.165) is 12.8 Å². The summed E-state index contributed by atoms with van der Waals surface area (Å²) >= 11 is 0. The topological polar surface area (TPSA) is 66.4 Å². The number of unbranched alkanes of at least 4 members (excludes halogenated alkanes) is 7. The number of carboxylic acids is 1. The lowest BCUT2D eigenvalue weighted by Gasteiger charge is -2.05. The minimum Gasteiger partial charge on any atom is -0.550 e. The average molecular weight is 271 g/mol. The van der Waals surface area contributed by atoms with E-state index in [0.29, 0.717) is 13.0 Å². The summed E-state index contributed by atoms with van der Waals surface area (Å²) in [5, 5.41) is 10.1. The van der Waals surface area contributed by atoms with Crippen molar-refractivity contribution in [3.63, 3.8) is 0 Å². The summed E-state index contributed by atoms with van der Waals surface area (Å²) in [6.45, 7) is 2.67. The Morgan fingerprint density at radius 2 is 1.42 bits per heavy atom. The van der Waals surface area contributed by atoms with Gasteiger partial charge in [0.15, 0.2) is 0 Å². The van der Waals surface area contributed by atoms with Crippen LogP contribution in [0.1, 0.15) is 77.6 Å². The highest BCUT2D eigenvalue weighted by atomic mass is 16.5. The second-order valence-corrected chi connectivity index (χ2v) is 4.92. The summed E-state index contributed by atoms with van der Waals surface area (Å²) in [6, 6.07) is 0. The van der Waals surface area contributed by atoms with Crippen LogP contribution < -0.4 is 5.11 Å². The van der Waals surface area contributed by atoms with Gasteiger partial charge in [0, 0.05) is 12.4 Å². The third kappa shape index (κ3) is 14.9. The van der Waals surface area contributed by atoms with E-state index >= 15 is 0 Å². The second kappa shape index (κ2) is 13.4. The van der Waals surface area contributed by atoms with Crippen molar-refractivity contribution in [3.05, 3.63) is 0 Å². The molecular weight excluding hydrogens is 244 g/mol. The molecule has 0 bridgehead atoms. The molecule has 112 valence electrons. The number of carbonyl (C=O) groups excluding carboxylic acids is 2. The lowest BCUT2D eigenvalue weighted by atomic mass is 10.1. The molecule has 4 nitrogen and oxygen atoms in total. The van der Waals surface area contributed by atoms with Gasteiger partial charge in [-0.05, 0) is 19.3 Å². The monoisotopic (exact) mass is 271 g/mol. The van der Waals surface area contributed by atoms with Gasteiger partial charge in [0.2, 0.25) is 0 Å². The molecule has 0 spiro atoms. The molecule has 0 aromatic carbocycles. The number of ether oxygens (including phenoxy) is 1. The van der Waals surface area contributed by atoms with Crippen molar-refractivity contribution in [1.29, 1.82) is 0 Å². The molecule has 0 N–H and O–H groups in total. The van der Waals surface area contributed by atoms with Crippen LogP contribution in [-0.4, -0.2) is 18.5 Å². The summed E-state index contributed by atoms with van der Waals surface area (Å²) in [5.74, 6) is -1.42. The molecule has 0 heterocycles. The second-order valence-electron chi connectivity index (χ2n) is 4.92. The Morgan fingerprint density at radius 3 is 2.00 bits per heavy atom. The van der Waals surface area contributed by atoms with E-state index in [-0.39, 0.29) is 18.8 Å². The molecule has 0 aliphatic heterocycles. The van der Waals surface area contributed by atoms with Gasteiger partial charge in [-0.2, -0.15) is 0 Å². The molecular formula is C15H27O4-. The number of hydrogen-bond acceptors (Lipinski definition) is 4. The maximum absolute atomic E-state index is 11.2. The molecule has 0 saturated heterocycles. The zero-order chi connectivity index (χ0) is 14.3. The maximum Gasteiger partial charge on any atom is 0.305 e. The van der Waals surface area contributed by atoms with Gasteiger partial charge in [0.25, 0.3) is 0 Å². The van der Waals surface area contributed by atoms with Gasteiger partial charge in [-0.1, -0.05) is 51.9 Å². The molecule has 0 radical (unpaired) electrons. The lowest BCUT2D eigenvalue weighted by molar-refractivity contribution is -0.305. The number of carbonyl (C=O) groups is 2. The summed E-state index contributed by atoms with van der Waals surface area (Å²) in [6.07, 6.45) is 10.1. The quantitative estimate of drug-likeness (QED) is 0.381. The number of hydrogen-bond donors (Lipinski definition) is 0. The van der Waals surface area contributed by atoms with Gasteiger partial charge in [0.05, 0.1) is 6.61 Å².